The number of carbonyl (C=O) groups excluding carboxylic acids is 2. The van der Waals surface area contributed by atoms with Crippen LogP contribution < -0.4 is 10.2 Å². The van der Waals surface area contributed by atoms with Crippen LogP contribution >= 0.6 is 11.6 Å². The number of nitrogens with one attached hydrogen (secondary N) is 1. The van der Waals surface area contributed by atoms with Crippen LogP contribution in [-0.2, 0) is 9.59 Å². The quantitative estimate of drug-likeness (QED) is 0.352. The number of fused-ring (bicyclic) bond motifs is 1. The average Bonchev–Trinajstić information content (AvgIpc) is 2.99. The maximum atomic E-state index is 13.8. The predicted molar refractivity (Wildman–Crippen MR) is 135 cm³/mol. The van der Waals surface area contributed by atoms with Crippen molar-refractivity contribution >= 4 is 40.4 Å². The summed E-state index contributed by atoms with van der Waals surface area (Å²) < 4.78 is 0. The van der Waals surface area contributed by atoms with E-state index in [-0.39, 0.29) is 29.7 Å². The van der Waals surface area contributed by atoms with Crippen molar-refractivity contribution in [3.63, 3.8) is 0 Å². The first-order chi connectivity index (χ1) is 16.8. The van der Waals surface area contributed by atoms with Crippen molar-refractivity contribution < 1.29 is 14.5 Å². The van der Waals surface area contributed by atoms with Gasteiger partial charge in [0.15, 0.2) is 5.78 Å². The van der Waals surface area contributed by atoms with E-state index in [4.69, 9.17) is 11.6 Å². The number of rotatable bonds is 3. The highest BCUT2D eigenvalue weighted by molar-refractivity contribution is 6.30. The Bertz CT molecular complexity index is 1380. The zero-order valence-corrected chi connectivity index (χ0v) is 19.7. The number of ketones is 1. The Hall–Kier alpha value is -3.97. The van der Waals surface area contributed by atoms with Gasteiger partial charge < -0.3 is 5.32 Å². The highest BCUT2D eigenvalue weighted by Gasteiger charge is 2.41. The van der Waals surface area contributed by atoms with Crippen molar-refractivity contribution in [2.24, 2.45) is 0 Å². The van der Waals surface area contributed by atoms with Crippen LogP contribution in [0.5, 0.6) is 0 Å². The third-order valence-electron chi connectivity index (χ3n) is 6.57. The Morgan fingerprint density at radius 2 is 1.77 bits per heavy atom. The molecule has 1 aliphatic carbocycles. The summed E-state index contributed by atoms with van der Waals surface area (Å²) in [5.41, 5.74) is 3.91. The van der Waals surface area contributed by atoms with Crippen LogP contribution in [0.4, 0.5) is 17.1 Å². The zero-order chi connectivity index (χ0) is 24.7. The SMILES string of the molecule is CC(=O)N1c2ccccc2NC2=C(C(=O)C[C@H](c3ccc(Cl)cc3)C2)[C@@H]1c1cccc([N+](=O)[O-])c1. The monoisotopic (exact) mass is 487 g/mol. The second-order valence-electron chi connectivity index (χ2n) is 8.76. The molecule has 3 aromatic carbocycles. The molecule has 0 spiro atoms. The van der Waals surface area contributed by atoms with Crippen LogP contribution in [0, 0.1) is 10.1 Å². The molecule has 2 aliphatic rings. The molecule has 0 bridgehead atoms. The van der Waals surface area contributed by atoms with Gasteiger partial charge in [0.25, 0.3) is 5.69 Å². The second-order valence-corrected chi connectivity index (χ2v) is 9.19. The molecule has 2 atom stereocenters. The number of allylic oxidation sites excluding steroid dienone is 1. The van der Waals surface area contributed by atoms with E-state index >= 15 is 0 Å². The van der Waals surface area contributed by atoms with E-state index in [9.17, 15) is 19.7 Å². The van der Waals surface area contributed by atoms with E-state index < -0.39 is 11.0 Å². The lowest BCUT2D eigenvalue weighted by Crippen LogP contribution is -2.37. The first kappa shape index (κ1) is 22.8. The van der Waals surface area contributed by atoms with Crippen LogP contribution in [-0.4, -0.2) is 16.6 Å². The number of hydrogen-bond acceptors (Lipinski definition) is 5. The van der Waals surface area contributed by atoms with E-state index in [1.807, 2.05) is 48.5 Å². The smallest absolute Gasteiger partial charge is 0.269 e. The van der Waals surface area contributed by atoms with Gasteiger partial charge >= 0.3 is 0 Å². The fourth-order valence-corrected chi connectivity index (χ4v) is 5.16. The zero-order valence-electron chi connectivity index (χ0n) is 18.9. The molecule has 0 radical (unpaired) electrons. The van der Waals surface area contributed by atoms with Crippen LogP contribution in [0.1, 0.15) is 42.9 Å². The number of non-ortho nitro benzene ring substituents is 1. The lowest BCUT2D eigenvalue weighted by molar-refractivity contribution is -0.384. The molecule has 3 aromatic rings. The third kappa shape index (κ3) is 4.19. The number of nitrogens with zero attached hydrogens (tertiary/aromatic N) is 2. The summed E-state index contributed by atoms with van der Waals surface area (Å²) in [7, 11) is 0. The molecular weight excluding hydrogens is 466 g/mol. The van der Waals surface area contributed by atoms with Gasteiger partial charge in [-0.15, -0.1) is 0 Å². The number of hydrogen-bond donors (Lipinski definition) is 1. The Balaban J connectivity index is 1.71. The van der Waals surface area contributed by atoms with Crippen LogP contribution in [0.2, 0.25) is 5.02 Å². The summed E-state index contributed by atoms with van der Waals surface area (Å²) >= 11 is 6.06. The van der Waals surface area contributed by atoms with Crippen LogP contribution in [0.25, 0.3) is 0 Å². The van der Waals surface area contributed by atoms with Crippen LogP contribution in [0.3, 0.4) is 0 Å². The molecular formula is C27H22ClN3O4. The first-order valence-corrected chi connectivity index (χ1v) is 11.6. The summed E-state index contributed by atoms with van der Waals surface area (Å²) in [6, 6.07) is 20.2. The normalized spacial score (nSPS) is 19.4. The predicted octanol–water partition coefficient (Wildman–Crippen LogP) is 6.17. The largest absolute Gasteiger partial charge is 0.357 e. The number of halogens is 1. The second kappa shape index (κ2) is 9.00. The maximum Gasteiger partial charge on any atom is 0.269 e. The number of benzene rings is 3. The minimum atomic E-state index is -0.794. The molecule has 1 amide bonds. The Morgan fingerprint density at radius 3 is 2.49 bits per heavy atom. The summed E-state index contributed by atoms with van der Waals surface area (Å²) in [5.74, 6) is -0.431. The standard InChI is InChI=1S/C27H22ClN3O4/c1-16(32)30-24-8-3-2-7-22(24)29-23-14-19(17-9-11-20(28)12-10-17)15-25(33)26(23)27(30)18-5-4-6-21(13-18)31(34)35/h2-13,19,27,29H,14-15H2,1H3/t19-,27+/m1/s1. The number of Topliss-reactive ketones (excluding diaryl/α,β-unsaturated/α-hetero) is 1. The van der Waals surface area contributed by atoms with Gasteiger partial charge in [-0.3, -0.25) is 24.6 Å². The molecule has 35 heavy (non-hydrogen) atoms. The number of nitro benzene ring substituents is 1. The molecule has 5 rings (SSSR count). The molecule has 1 aliphatic heterocycles. The van der Waals surface area contributed by atoms with Crippen molar-refractivity contribution in [2.75, 3.05) is 10.2 Å². The highest BCUT2D eigenvalue weighted by Crippen LogP contribution is 2.47. The van der Waals surface area contributed by atoms with E-state index in [1.54, 1.807) is 17.0 Å². The van der Waals surface area contributed by atoms with Crippen LogP contribution in [0.15, 0.2) is 84.1 Å². The van der Waals surface area contributed by atoms with Gasteiger partial charge in [0.1, 0.15) is 0 Å². The van der Waals surface area contributed by atoms with Crippen molar-refractivity contribution in [3.05, 3.63) is 110 Å². The summed E-state index contributed by atoms with van der Waals surface area (Å²) in [4.78, 5) is 39.4. The highest BCUT2D eigenvalue weighted by atomic mass is 35.5. The number of anilines is 2. The molecule has 1 N–H and O–H groups in total. The van der Waals surface area contributed by atoms with E-state index in [1.165, 1.54) is 19.1 Å². The Kier molecular flexibility index (Phi) is 5.86. The average molecular weight is 488 g/mol. The Morgan fingerprint density at radius 1 is 1.03 bits per heavy atom. The van der Waals surface area contributed by atoms with Gasteiger partial charge in [0.05, 0.1) is 22.3 Å². The summed E-state index contributed by atoms with van der Waals surface area (Å²) in [6.07, 6.45) is 0.809. The van der Waals surface area contributed by atoms with Crippen molar-refractivity contribution in [1.29, 1.82) is 0 Å². The lowest BCUT2D eigenvalue weighted by Gasteiger charge is -2.34. The summed E-state index contributed by atoms with van der Waals surface area (Å²) in [5, 5.41) is 15.6. The molecule has 176 valence electrons. The van der Waals surface area contributed by atoms with E-state index in [0.717, 1.165) is 5.56 Å². The minimum Gasteiger partial charge on any atom is -0.357 e. The number of amides is 1. The van der Waals surface area contributed by atoms with Crippen molar-refractivity contribution in [3.8, 4) is 0 Å². The number of para-hydroxylation sites is 2. The van der Waals surface area contributed by atoms with Crippen molar-refractivity contribution in [2.45, 2.75) is 31.7 Å². The molecule has 1 heterocycles. The topological polar surface area (TPSA) is 92.6 Å². The molecule has 8 heteroatoms. The molecule has 0 saturated carbocycles. The minimum absolute atomic E-state index is 0.0622. The fraction of sp³-hybridized carbons (Fsp3) is 0.185. The molecule has 7 nitrogen and oxygen atoms in total. The number of nitro groups is 1. The Labute approximate surface area is 207 Å². The lowest BCUT2D eigenvalue weighted by atomic mass is 9.78. The molecule has 0 unspecified atom stereocenters. The van der Waals surface area contributed by atoms with Gasteiger partial charge in [-0.1, -0.05) is 48.0 Å². The van der Waals surface area contributed by atoms with Gasteiger partial charge in [0, 0.05) is 41.8 Å². The first-order valence-electron chi connectivity index (χ1n) is 11.3. The van der Waals surface area contributed by atoms with Gasteiger partial charge in [-0.25, -0.2) is 0 Å². The van der Waals surface area contributed by atoms with Gasteiger partial charge in [-0.05, 0) is 47.7 Å². The molecule has 0 saturated heterocycles. The maximum absolute atomic E-state index is 13.8. The van der Waals surface area contributed by atoms with E-state index in [0.29, 0.717) is 39.7 Å². The van der Waals surface area contributed by atoms with Crippen molar-refractivity contribution in [1.82, 2.24) is 0 Å². The third-order valence-corrected chi connectivity index (χ3v) is 6.82. The van der Waals surface area contributed by atoms with Gasteiger partial charge in [0.2, 0.25) is 5.91 Å². The molecule has 0 fully saturated rings. The van der Waals surface area contributed by atoms with E-state index in [2.05, 4.69) is 5.32 Å². The summed E-state index contributed by atoms with van der Waals surface area (Å²) in [6.45, 7) is 1.44. The number of carbonyl (C=O) groups is 2. The molecule has 0 aromatic heterocycles. The fourth-order valence-electron chi connectivity index (χ4n) is 5.03. The van der Waals surface area contributed by atoms with Gasteiger partial charge in [-0.2, -0.15) is 0 Å².